The van der Waals surface area contributed by atoms with Crippen LogP contribution in [0.5, 0.6) is 5.75 Å². The van der Waals surface area contributed by atoms with Crippen molar-refractivity contribution in [2.45, 2.75) is 6.10 Å². The average molecular weight is 375 g/mol. The minimum Gasteiger partial charge on any atom is -0.497 e. The predicted octanol–water partition coefficient (Wildman–Crippen LogP) is 2.51. The summed E-state index contributed by atoms with van der Waals surface area (Å²) >= 11 is 6.01. The topological polar surface area (TPSA) is 67.9 Å². The van der Waals surface area contributed by atoms with Crippen molar-refractivity contribution >= 4 is 29.1 Å². The summed E-state index contributed by atoms with van der Waals surface area (Å²) < 4.78 is 10.7. The smallest absolute Gasteiger partial charge is 0.253 e. The van der Waals surface area contributed by atoms with Crippen molar-refractivity contribution in [2.24, 2.45) is 0 Å². The number of anilines is 1. The summed E-state index contributed by atoms with van der Waals surface area (Å²) in [5.74, 6) is 0.255. The van der Waals surface area contributed by atoms with E-state index in [4.69, 9.17) is 21.1 Å². The van der Waals surface area contributed by atoms with E-state index in [1.165, 1.54) is 0 Å². The van der Waals surface area contributed by atoms with Crippen molar-refractivity contribution in [3.63, 3.8) is 0 Å². The highest BCUT2D eigenvalue weighted by Crippen LogP contribution is 2.22. The van der Waals surface area contributed by atoms with Crippen molar-refractivity contribution in [3.8, 4) is 5.75 Å². The normalized spacial score (nSPS) is 17.1. The Kier molecular flexibility index (Phi) is 5.75. The molecule has 2 amide bonds. The zero-order chi connectivity index (χ0) is 18.5. The molecule has 7 heteroatoms. The number of hydrogen-bond donors (Lipinski definition) is 1. The van der Waals surface area contributed by atoms with Gasteiger partial charge in [0.05, 0.1) is 19.8 Å². The Labute approximate surface area is 156 Å². The second-order valence-corrected chi connectivity index (χ2v) is 6.30. The highest BCUT2D eigenvalue weighted by Gasteiger charge is 2.27. The van der Waals surface area contributed by atoms with Gasteiger partial charge in [-0.15, -0.1) is 0 Å². The molecule has 1 atom stereocenters. The molecule has 1 fully saturated rings. The lowest BCUT2D eigenvalue weighted by Crippen LogP contribution is -2.50. The van der Waals surface area contributed by atoms with Crippen LogP contribution in [0.15, 0.2) is 48.5 Å². The zero-order valence-corrected chi connectivity index (χ0v) is 15.0. The van der Waals surface area contributed by atoms with Gasteiger partial charge in [0.2, 0.25) is 0 Å². The van der Waals surface area contributed by atoms with E-state index in [0.29, 0.717) is 29.4 Å². The van der Waals surface area contributed by atoms with Crippen LogP contribution in [-0.2, 0) is 9.53 Å². The van der Waals surface area contributed by atoms with Gasteiger partial charge in [-0.1, -0.05) is 23.7 Å². The molecule has 0 radical (unpaired) electrons. The molecule has 0 saturated carbocycles. The second-order valence-electron chi connectivity index (χ2n) is 5.86. The number of carbonyl (C=O) groups excluding carboxylic acids is 2. The molecule has 0 aromatic heterocycles. The number of nitrogens with zero attached hydrogens (tertiary/aromatic N) is 1. The van der Waals surface area contributed by atoms with Gasteiger partial charge in [-0.05, 0) is 36.4 Å². The minimum absolute atomic E-state index is 0.0355. The number of morpholine rings is 1. The van der Waals surface area contributed by atoms with Crippen LogP contribution in [0.4, 0.5) is 5.69 Å². The number of carbonyl (C=O) groups is 2. The van der Waals surface area contributed by atoms with E-state index < -0.39 is 0 Å². The number of nitrogens with one attached hydrogen (secondary N) is 1. The zero-order valence-electron chi connectivity index (χ0n) is 14.3. The van der Waals surface area contributed by atoms with E-state index >= 15 is 0 Å². The second kappa shape index (κ2) is 8.21. The molecule has 0 bridgehead atoms. The van der Waals surface area contributed by atoms with Gasteiger partial charge in [0, 0.05) is 22.8 Å². The van der Waals surface area contributed by atoms with E-state index in [9.17, 15) is 9.59 Å². The third-order valence-corrected chi connectivity index (χ3v) is 4.31. The maximum Gasteiger partial charge on any atom is 0.253 e. The quantitative estimate of drug-likeness (QED) is 0.873. The van der Waals surface area contributed by atoms with Crippen molar-refractivity contribution in [1.82, 2.24) is 5.32 Å². The molecular weight excluding hydrogens is 356 g/mol. The molecule has 1 aliphatic heterocycles. The Bertz CT molecular complexity index is 812. The van der Waals surface area contributed by atoms with Crippen molar-refractivity contribution in [2.75, 3.05) is 31.7 Å². The Morgan fingerprint density at radius 3 is 2.88 bits per heavy atom. The number of amides is 2. The summed E-state index contributed by atoms with van der Waals surface area (Å²) in [7, 11) is 1.55. The van der Waals surface area contributed by atoms with Crippen LogP contribution in [0.2, 0.25) is 5.02 Å². The molecule has 3 rings (SSSR count). The minimum atomic E-state index is -0.304. The van der Waals surface area contributed by atoms with Gasteiger partial charge < -0.3 is 19.7 Å². The van der Waals surface area contributed by atoms with Crippen LogP contribution in [-0.4, -0.2) is 44.7 Å². The Morgan fingerprint density at radius 1 is 1.31 bits per heavy atom. The summed E-state index contributed by atoms with van der Waals surface area (Å²) in [4.78, 5) is 26.1. The molecule has 0 spiro atoms. The molecule has 1 saturated heterocycles. The fourth-order valence-electron chi connectivity index (χ4n) is 2.72. The number of halogens is 1. The number of ether oxygens (including phenoxy) is 2. The molecular formula is C19H19ClN2O4. The predicted molar refractivity (Wildman–Crippen MR) is 98.9 cm³/mol. The highest BCUT2D eigenvalue weighted by atomic mass is 35.5. The van der Waals surface area contributed by atoms with Gasteiger partial charge in [0.25, 0.3) is 11.8 Å². The van der Waals surface area contributed by atoms with Gasteiger partial charge in [0.15, 0.2) is 0 Å². The third-order valence-electron chi connectivity index (χ3n) is 4.07. The largest absolute Gasteiger partial charge is 0.497 e. The van der Waals surface area contributed by atoms with Crippen LogP contribution < -0.4 is 15.0 Å². The number of hydrogen-bond acceptors (Lipinski definition) is 4. The monoisotopic (exact) mass is 374 g/mol. The summed E-state index contributed by atoms with van der Waals surface area (Å²) in [6, 6.07) is 14.0. The Morgan fingerprint density at radius 2 is 2.12 bits per heavy atom. The molecule has 1 aliphatic rings. The summed E-state index contributed by atoms with van der Waals surface area (Å²) in [5, 5.41) is 3.39. The molecule has 6 nitrogen and oxygen atoms in total. The SMILES string of the molecule is COc1cccc(C(=O)NCC2CN(c3cccc(Cl)c3)C(=O)CO2)c1. The Balaban J connectivity index is 1.61. The fourth-order valence-corrected chi connectivity index (χ4v) is 2.90. The van der Waals surface area contributed by atoms with Crippen LogP contribution in [0.1, 0.15) is 10.4 Å². The summed E-state index contributed by atoms with van der Waals surface area (Å²) in [5.41, 5.74) is 1.22. The molecule has 26 heavy (non-hydrogen) atoms. The number of methoxy groups -OCH3 is 1. The molecule has 1 N–H and O–H groups in total. The van der Waals surface area contributed by atoms with Gasteiger partial charge in [-0.2, -0.15) is 0 Å². The molecule has 136 valence electrons. The standard InChI is InChI=1S/C19H19ClN2O4/c1-25-16-7-2-4-13(8-16)19(24)21-10-17-11-22(18(23)12-26-17)15-6-3-5-14(20)9-15/h2-9,17H,10-12H2,1H3,(H,21,24). The first kappa shape index (κ1) is 18.2. The van der Waals surface area contributed by atoms with Crippen LogP contribution in [0.25, 0.3) is 0 Å². The van der Waals surface area contributed by atoms with Gasteiger partial charge in [0.1, 0.15) is 12.4 Å². The van der Waals surface area contributed by atoms with E-state index in [0.717, 1.165) is 5.69 Å². The van der Waals surface area contributed by atoms with E-state index in [-0.39, 0.29) is 24.5 Å². The molecule has 2 aromatic carbocycles. The molecule has 0 aliphatic carbocycles. The fraction of sp³-hybridized carbons (Fsp3) is 0.263. The van der Waals surface area contributed by atoms with Crippen molar-refractivity contribution in [1.29, 1.82) is 0 Å². The average Bonchev–Trinajstić information content (AvgIpc) is 2.67. The first-order chi connectivity index (χ1) is 12.6. The Hall–Kier alpha value is -2.57. The summed E-state index contributed by atoms with van der Waals surface area (Å²) in [6.07, 6.45) is -0.304. The van der Waals surface area contributed by atoms with Crippen LogP contribution in [0.3, 0.4) is 0 Å². The number of rotatable bonds is 5. The van der Waals surface area contributed by atoms with Crippen molar-refractivity contribution in [3.05, 3.63) is 59.1 Å². The summed E-state index contributed by atoms with van der Waals surface area (Å²) in [6.45, 7) is 0.601. The van der Waals surface area contributed by atoms with E-state index in [1.807, 2.05) is 6.07 Å². The number of benzene rings is 2. The van der Waals surface area contributed by atoms with Crippen molar-refractivity contribution < 1.29 is 19.1 Å². The van der Waals surface area contributed by atoms with E-state index in [1.54, 1.807) is 54.5 Å². The lowest BCUT2D eigenvalue weighted by atomic mass is 10.2. The van der Waals surface area contributed by atoms with Gasteiger partial charge in [-0.25, -0.2) is 0 Å². The molecule has 2 aromatic rings. The first-order valence-electron chi connectivity index (χ1n) is 8.16. The lowest BCUT2D eigenvalue weighted by molar-refractivity contribution is -0.129. The highest BCUT2D eigenvalue weighted by molar-refractivity contribution is 6.30. The van der Waals surface area contributed by atoms with E-state index in [2.05, 4.69) is 5.32 Å². The lowest BCUT2D eigenvalue weighted by Gasteiger charge is -2.33. The maximum atomic E-state index is 12.3. The van der Waals surface area contributed by atoms with Crippen LogP contribution in [0, 0.1) is 0 Å². The third kappa shape index (κ3) is 4.33. The molecule has 1 heterocycles. The van der Waals surface area contributed by atoms with Crippen LogP contribution >= 0.6 is 11.6 Å². The maximum absolute atomic E-state index is 12.3. The van der Waals surface area contributed by atoms with Gasteiger partial charge >= 0.3 is 0 Å². The van der Waals surface area contributed by atoms with Gasteiger partial charge in [-0.3, -0.25) is 9.59 Å². The first-order valence-corrected chi connectivity index (χ1v) is 8.54. The molecule has 1 unspecified atom stereocenters.